The standard InChI is InChI=1S/C15H35NSi2/c1-9-17(5,6)14-16-12-10-11-13-18(7,8)15(2,3)4/h9,16H,1,10-14H2,2-8H3. The predicted molar refractivity (Wildman–Crippen MR) is 91.8 cm³/mol. The molecule has 0 aliphatic heterocycles. The van der Waals surface area contributed by atoms with Gasteiger partial charge in [0.05, 0.1) is 16.1 Å². The molecule has 108 valence electrons. The first kappa shape index (κ1) is 18.1. The molecule has 0 fully saturated rings. The summed E-state index contributed by atoms with van der Waals surface area (Å²) in [6, 6.07) is 1.46. The normalized spacial score (nSPS) is 13.7. The summed E-state index contributed by atoms with van der Waals surface area (Å²) in [5.41, 5.74) is 2.18. The monoisotopic (exact) mass is 285 g/mol. The van der Waals surface area contributed by atoms with E-state index in [9.17, 15) is 0 Å². The van der Waals surface area contributed by atoms with Gasteiger partial charge in [-0.15, -0.1) is 12.3 Å². The number of hydrogen-bond acceptors (Lipinski definition) is 1. The van der Waals surface area contributed by atoms with Crippen LogP contribution in [0.25, 0.3) is 0 Å². The van der Waals surface area contributed by atoms with E-state index in [-0.39, 0.29) is 0 Å². The lowest BCUT2D eigenvalue weighted by atomic mass is 10.2. The molecule has 0 amide bonds. The smallest absolute Gasteiger partial charge is 0.0851 e. The zero-order valence-corrected chi connectivity index (χ0v) is 15.8. The van der Waals surface area contributed by atoms with E-state index >= 15 is 0 Å². The summed E-state index contributed by atoms with van der Waals surface area (Å²) in [6.07, 6.45) is 3.89. The van der Waals surface area contributed by atoms with Gasteiger partial charge in [-0.05, 0) is 24.2 Å². The lowest BCUT2D eigenvalue weighted by Crippen LogP contribution is -2.39. The van der Waals surface area contributed by atoms with Gasteiger partial charge in [-0.2, -0.15) is 0 Å². The number of unbranched alkanes of at least 4 members (excludes halogenated alkanes) is 1. The molecular weight excluding hydrogens is 250 g/mol. The molecule has 0 atom stereocenters. The van der Waals surface area contributed by atoms with Crippen molar-refractivity contribution in [3.8, 4) is 0 Å². The molecule has 0 unspecified atom stereocenters. The largest absolute Gasteiger partial charge is 0.319 e. The SMILES string of the molecule is C=C[Si](C)(C)CNCCCC[Si](C)(C)C(C)(C)C. The van der Waals surface area contributed by atoms with Gasteiger partial charge in [-0.25, -0.2) is 0 Å². The Morgan fingerprint density at radius 3 is 2.06 bits per heavy atom. The zero-order chi connectivity index (χ0) is 14.4. The van der Waals surface area contributed by atoms with E-state index in [1.807, 2.05) is 0 Å². The summed E-state index contributed by atoms with van der Waals surface area (Å²) < 4.78 is 0. The topological polar surface area (TPSA) is 12.0 Å². The van der Waals surface area contributed by atoms with Gasteiger partial charge in [0.25, 0.3) is 0 Å². The summed E-state index contributed by atoms with van der Waals surface area (Å²) in [5, 5.41) is 4.15. The van der Waals surface area contributed by atoms with E-state index in [0.717, 1.165) is 0 Å². The van der Waals surface area contributed by atoms with Crippen molar-refractivity contribution in [1.82, 2.24) is 5.32 Å². The fourth-order valence-corrected chi connectivity index (χ4v) is 4.52. The van der Waals surface area contributed by atoms with Gasteiger partial charge in [-0.1, -0.05) is 59.4 Å². The Hall–Kier alpha value is 0.134. The summed E-state index contributed by atoms with van der Waals surface area (Å²) in [6.45, 7) is 22.1. The molecular formula is C15H35NSi2. The van der Waals surface area contributed by atoms with Gasteiger partial charge in [0, 0.05) is 0 Å². The van der Waals surface area contributed by atoms with Crippen LogP contribution in [0.1, 0.15) is 33.6 Å². The minimum Gasteiger partial charge on any atom is -0.319 e. The lowest BCUT2D eigenvalue weighted by Gasteiger charge is -2.37. The third-order valence-electron chi connectivity index (χ3n) is 4.57. The van der Waals surface area contributed by atoms with Crippen LogP contribution in [0.3, 0.4) is 0 Å². The molecule has 0 rings (SSSR count). The summed E-state index contributed by atoms with van der Waals surface area (Å²) in [4.78, 5) is 0. The first-order valence-electron chi connectivity index (χ1n) is 7.36. The number of rotatable bonds is 8. The van der Waals surface area contributed by atoms with Crippen molar-refractivity contribution in [3.05, 3.63) is 12.3 Å². The highest BCUT2D eigenvalue weighted by molar-refractivity contribution is 6.82. The van der Waals surface area contributed by atoms with Crippen LogP contribution < -0.4 is 5.32 Å². The van der Waals surface area contributed by atoms with Crippen LogP contribution in [-0.4, -0.2) is 28.9 Å². The van der Waals surface area contributed by atoms with E-state index in [2.05, 4.69) is 64.6 Å². The summed E-state index contributed by atoms with van der Waals surface area (Å²) in [5.74, 6) is 0. The molecule has 1 nitrogen and oxygen atoms in total. The summed E-state index contributed by atoms with van der Waals surface area (Å²) >= 11 is 0. The van der Waals surface area contributed by atoms with Crippen molar-refractivity contribution < 1.29 is 0 Å². The minimum absolute atomic E-state index is 0.540. The molecule has 0 bridgehead atoms. The van der Waals surface area contributed by atoms with Crippen LogP contribution in [0.2, 0.25) is 37.3 Å². The Balaban J connectivity index is 3.73. The molecule has 18 heavy (non-hydrogen) atoms. The quantitative estimate of drug-likeness (QED) is 0.497. The van der Waals surface area contributed by atoms with Crippen LogP contribution in [0, 0.1) is 0 Å². The van der Waals surface area contributed by atoms with Crippen molar-refractivity contribution >= 4 is 16.1 Å². The number of hydrogen-bond donors (Lipinski definition) is 1. The van der Waals surface area contributed by atoms with Gasteiger partial charge < -0.3 is 5.32 Å². The van der Waals surface area contributed by atoms with Crippen LogP contribution in [0.4, 0.5) is 0 Å². The van der Waals surface area contributed by atoms with Gasteiger partial charge in [0.1, 0.15) is 0 Å². The molecule has 0 heterocycles. The Bertz CT molecular complexity index is 252. The predicted octanol–water partition coefficient (Wildman–Crippen LogP) is 4.84. The molecule has 0 aromatic heterocycles. The molecule has 3 heteroatoms. The Morgan fingerprint density at radius 1 is 1.06 bits per heavy atom. The Labute approximate surface area is 117 Å². The highest BCUT2D eigenvalue weighted by Crippen LogP contribution is 2.39. The maximum atomic E-state index is 3.93. The van der Waals surface area contributed by atoms with Gasteiger partial charge in [0.2, 0.25) is 0 Å². The number of nitrogens with one attached hydrogen (secondary N) is 1. The molecule has 0 aromatic rings. The van der Waals surface area contributed by atoms with Crippen molar-refractivity contribution in [3.63, 3.8) is 0 Å². The molecule has 0 aliphatic rings. The average Bonchev–Trinajstić information content (AvgIpc) is 2.21. The molecule has 0 saturated carbocycles. The first-order valence-corrected chi connectivity index (χ1v) is 13.9. The van der Waals surface area contributed by atoms with Crippen molar-refractivity contribution in [1.29, 1.82) is 0 Å². The van der Waals surface area contributed by atoms with Crippen molar-refractivity contribution in [2.45, 2.75) is 70.9 Å². The van der Waals surface area contributed by atoms with E-state index < -0.39 is 16.1 Å². The third-order valence-corrected chi connectivity index (χ3v) is 12.5. The molecule has 0 saturated heterocycles. The van der Waals surface area contributed by atoms with E-state index in [1.54, 1.807) is 0 Å². The minimum atomic E-state index is -1.14. The van der Waals surface area contributed by atoms with E-state index in [1.165, 1.54) is 31.6 Å². The molecule has 0 spiro atoms. The maximum absolute atomic E-state index is 3.93. The second-order valence-electron chi connectivity index (χ2n) is 7.96. The van der Waals surface area contributed by atoms with Crippen LogP contribution in [-0.2, 0) is 0 Å². The van der Waals surface area contributed by atoms with Crippen molar-refractivity contribution in [2.75, 3.05) is 12.7 Å². The molecule has 0 aromatic carbocycles. The van der Waals surface area contributed by atoms with E-state index in [4.69, 9.17) is 0 Å². The van der Waals surface area contributed by atoms with E-state index in [0.29, 0.717) is 5.04 Å². The fourth-order valence-electron chi connectivity index (χ4n) is 1.67. The highest BCUT2D eigenvalue weighted by atomic mass is 28.3. The lowest BCUT2D eigenvalue weighted by molar-refractivity contribution is 0.664. The molecule has 0 aliphatic carbocycles. The van der Waals surface area contributed by atoms with Gasteiger partial charge >= 0.3 is 0 Å². The summed E-state index contributed by atoms with van der Waals surface area (Å²) in [7, 11) is -2.19. The van der Waals surface area contributed by atoms with Gasteiger partial charge in [0.15, 0.2) is 0 Å². The Kier molecular flexibility index (Phi) is 7.11. The average molecular weight is 286 g/mol. The third kappa shape index (κ3) is 6.90. The fraction of sp³-hybridized carbons (Fsp3) is 0.867. The van der Waals surface area contributed by atoms with Crippen LogP contribution in [0.15, 0.2) is 12.3 Å². The highest BCUT2D eigenvalue weighted by Gasteiger charge is 2.33. The molecule has 0 radical (unpaired) electrons. The second-order valence-corrected chi connectivity index (χ2v) is 18.5. The maximum Gasteiger partial charge on any atom is 0.0851 e. The van der Waals surface area contributed by atoms with Crippen LogP contribution in [0.5, 0.6) is 0 Å². The second kappa shape index (κ2) is 7.06. The Morgan fingerprint density at radius 2 is 1.61 bits per heavy atom. The molecule has 1 N–H and O–H groups in total. The van der Waals surface area contributed by atoms with Crippen LogP contribution >= 0.6 is 0 Å². The zero-order valence-electron chi connectivity index (χ0n) is 13.8. The van der Waals surface area contributed by atoms with Gasteiger partial charge in [-0.3, -0.25) is 0 Å². The first-order chi connectivity index (χ1) is 8.02. The van der Waals surface area contributed by atoms with Crippen molar-refractivity contribution in [2.24, 2.45) is 0 Å².